The molecule has 1 aromatic heterocycles. The predicted octanol–water partition coefficient (Wildman–Crippen LogP) is 3.66. The van der Waals surface area contributed by atoms with E-state index >= 15 is 0 Å². The number of aliphatic hydroxyl groups excluding tert-OH is 1. The Kier molecular flexibility index (Phi) is 7.53. The number of oxime groups is 1. The van der Waals surface area contributed by atoms with Crippen LogP contribution in [0.2, 0.25) is 0 Å². The van der Waals surface area contributed by atoms with Gasteiger partial charge in [-0.05, 0) is 91.9 Å². The average Bonchev–Trinajstić information content (AvgIpc) is 3.49. The predicted molar refractivity (Wildman–Crippen MR) is 163 cm³/mol. The van der Waals surface area contributed by atoms with Crippen LogP contribution in [0.25, 0.3) is 10.9 Å². The number of carbonyl (C=O) groups is 2. The third-order valence-corrected chi connectivity index (χ3v) is 11.5. The van der Waals surface area contributed by atoms with E-state index in [9.17, 15) is 30.0 Å². The zero-order chi connectivity index (χ0) is 31.4. The number of phenolic OH excluding ortho intramolecular Hbond substituents is 1. The highest BCUT2D eigenvalue weighted by Gasteiger charge is 2.66. The monoisotopic (exact) mass is 603 g/mol. The minimum absolute atomic E-state index is 0.0566. The molecule has 4 aliphatic carbocycles. The molecule has 0 radical (unpaired) electrons. The van der Waals surface area contributed by atoms with Crippen molar-refractivity contribution in [3.8, 4) is 18.1 Å². The van der Waals surface area contributed by atoms with Crippen LogP contribution in [0.4, 0.5) is 0 Å². The smallest absolute Gasteiger partial charge is 0.326 e. The number of aromatic amines is 1. The van der Waals surface area contributed by atoms with Crippen LogP contribution in [0, 0.1) is 40.9 Å². The summed E-state index contributed by atoms with van der Waals surface area (Å²) in [7, 11) is 0. The molecule has 10 heteroatoms. The topological polar surface area (TPSA) is 164 Å². The first kappa shape index (κ1) is 30.2. The average molecular weight is 604 g/mol. The maximum Gasteiger partial charge on any atom is 0.326 e. The van der Waals surface area contributed by atoms with Crippen LogP contribution in [0.15, 0.2) is 41.2 Å². The minimum Gasteiger partial charge on any atom is -0.508 e. The van der Waals surface area contributed by atoms with Gasteiger partial charge < -0.3 is 35.6 Å². The lowest BCUT2D eigenvalue weighted by molar-refractivity contribution is -0.153. The number of carboxylic acids is 1. The number of nitrogens with zero attached hydrogens (tertiary/aromatic N) is 1. The number of nitrogens with one attached hydrogen (secondary N) is 2. The van der Waals surface area contributed by atoms with Crippen LogP contribution in [0.3, 0.4) is 0 Å². The molecule has 10 nitrogen and oxygen atoms in total. The summed E-state index contributed by atoms with van der Waals surface area (Å²) in [6.07, 6.45) is 14.1. The van der Waals surface area contributed by atoms with Crippen molar-refractivity contribution in [1.29, 1.82) is 0 Å². The second-order valence-corrected chi connectivity index (χ2v) is 13.7. The molecule has 3 fully saturated rings. The van der Waals surface area contributed by atoms with Gasteiger partial charge >= 0.3 is 5.97 Å². The second-order valence-electron chi connectivity index (χ2n) is 13.7. The van der Waals surface area contributed by atoms with E-state index in [1.807, 2.05) is 6.08 Å². The molecule has 1 aromatic carbocycles. The Balaban J connectivity index is 1.09. The number of carbonyl (C=O) groups excluding carboxylic acids is 1. The number of aromatic hydroxyl groups is 1. The quantitative estimate of drug-likeness (QED) is 0.208. The van der Waals surface area contributed by atoms with Crippen LogP contribution >= 0.6 is 0 Å². The van der Waals surface area contributed by atoms with E-state index in [2.05, 4.69) is 35.2 Å². The molecule has 234 valence electrons. The van der Waals surface area contributed by atoms with Gasteiger partial charge in [-0.3, -0.25) is 4.79 Å². The van der Waals surface area contributed by atoms with Gasteiger partial charge in [0.2, 0.25) is 0 Å². The first-order valence-corrected chi connectivity index (χ1v) is 15.5. The van der Waals surface area contributed by atoms with E-state index in [-0.39, 0.29) is 35.3 Å². The molecule has 0 unspecified atom stereocenters. The largest absolute Gasteiger partial charge is 0.508 e. The standard InChI is InChI=1S/C34H41N3O7/c1-4-34(43)12-10-25-24-7-5-20-14-21(9-11-32(20,2)30(24)28(39)16-33(25,34)3)37-44-18-29(40)36-27(31(41)42)13-19-17-35-26-15-22(38)6-8-23(19)26/h1,6,8,14-15,17,24-25,27-28,30,35,38-39,43H,5,7,9-13,16,18H2,2-3H3,(H,36,40)(H,41,42)/b37-21-/t24-,25+,27+,28-,30+,32-,33-,34-/m0/s1. The summed E-state index contributed by atoms with van der Waals surface area (Å²) in [6, 6.07) is 3.61. The Morgan fingerprint density at radius 2 is 2.05 bits per heavy atom. The van der Waals surface area contributed by atoms with Crippen LogP contribution in [-0.2, 0) is 20.8 Å². The molecule has 0 spiro atoms. The Labute approximate surface area is 256 Å². The van der Waals surface area contributed by atoms with Gasteiger partial charge in [0.15, 0.2) is 6.61 Å². The Morgan fingerprint density at radius 3 is 2.80 bits per heavy atom. The fraction of sp³-hybridized carbons (Fsp3) is 0.559. The Hall–Kier alpha value is -3.81. The molecule has 0 saturated heterocycles. The van der Waals surface area contributed by atoms with E-state index in [1.54, 1.807) is 18.3 Å². The third kappa shape index (κ3) is 4.87. The maximum absolute atomic E-state index is 12.6. The number of allylic oxidation sites excluding steroid dienone is 2. The molecule has 6 N–H and O–H groups in total. The van der Waals surface area contributed by atoms with E-state index in [0.717, 1.165) is 36.8 Å². The number of H-pyrrole nitrogens is 1. The Bertz CT molecular complexity index is 1590. The lowest BCUT2D eigenvalue weighted by atomic mass is 9.45. The SMILES string of the molecule is C#C[C@]1(O)CC[C@@H]2[C@@H]3CCC4=C/C(=N\OCC(=O)N[C@H](Cc5c[nH]c6cc(O)ccc56)C(=O)O)CC[C@]4(C)[C@H]3[C@@H](O)C[C@@]21C. The van der Waals surface area contributed by atoms with Crippen molar-refractivity contribution in [1.82, 2.24) is 10.3 Å². The highest BCUT2D eigenvalue weighted by molar-refractivity contribution is 5.96. The fourth-order valence-corrected chi connectivity index (χ4v) is 9.19. The van der Waals surface area contributed by atoms with Gasteiger partial charge in [-0.2, -0.15) is 0 Å². The number of aliphatic hydroxyl groups is 2. The number of terminal acetylenes is 1. The summed E-state index contributed by atoms with van der Waals surface area (Å²) in [5, 5.41) is 49.7. The van der Waals surface area contributed by atoms with Gasteiger partial charge in [0.1, 0.15) is 17.4 Å². The lowest BCUT2D eigenvalue weighted by Crippen LogP contribution is -2.59. The van der Waals surface area contributed by atoms with Crippen molar-refractivity contribution in [3.63, 3.8) is 0 Å². The number of hydrogen-bond donors (Lipinski definition) is 6. The number of hydrogen-bond acceptors (Lipinski definition) is 7. The number of carboxylic acid groups (broad SMARTS) is 1. The van der Waals surface area contributed by atoms with Crippen molar-refractivity contribution in [2.45, 2.75) is 83.0 Å². The van der Waals surface area contributed by atoms with Crippen LogP contribution in [0.5, 0.6) is 5.75 Å². The van der Waals surface area contributed by atoms with Gasteiger partial charge in [0.05, 0.1) is 11.8 Å². The van der Waals surface area contributed by atoms with E-state index in [4.69, 9.17) is 11.3 Å². The Morgan fingerprint density at radius 1 is 1.25 bits per heavy atom. The summed E-state index contributed by atoms with van der Waals surface area (Å²) in [5.74, 6) is 1.63. The van der Waals surface area contributed by atoms with Crippen molar-refractivity contribution >= 4 is 28.5 Å². The van der Waals surface area contributed by atoms with Crippen LogP contribution in [-0.4, -0.2) is 67.4 Å². The molecular formula is C34H41N3O7. The highest BCUT2D eigenvalue weighted by Crippen LogP contribution is 2.67. The maximum atomic E-state index is 12.6. The number of benzene rings is 1. The molecule has 4 aliphatic rings. The van der Waals surface area contributed by atoms with Gasteiger partial charge in [0.25, 0.3) is 5.91 Å². The van der Waals surface area contributed by atoms with Crippen molar-refractivity contribution < 1.29 is 34.9 Å². The highest BCUT2D eigenvalue weighted by atomic mass is 16.6. The molecule has 2 aromatic rings. The van der Waals surface area contributed by atoms with Crippen molar-refractivity contribution in [3.05, 3.63) is 41.6 Å². The van der Waals surface area contributed by atoms with Gasteiger partial charge in [-0.1, -0.05) is 30.5 Å². The molecule has 0 aliphatic heterocycles. The first-order valence-electron chi connectivity index (χ1n) is 15.5. The number of aliphatic carboxylic acids is 1. The van der Waals surface area contributed by atoms with E-state index < -0.39 is 41.6 Å². The van der Waals surface area contributed by atoms with E-state index in [1.165, 1.54) is 11.6 Å². The number of fused-ring (bicyclic) bond motifs is 6. The normalized spacial score (nSPS) is 36.0. The van der Waals surface area contributed by atoms with Gasteiger partial charge in [-0.15, -0.1) is 6.42 Å². The van der Waals surface area contributed by atoms with Crippen LogP contribution < -0.4 is 5.32 Å². The molecule has 0 bridgehead atoms. The first-order chi connectivity index (χ1) is 20.9. The molecular weight excluding hydrogens is 562 g/mol. The van der Waals surface area contributed by atoms with Gasteiger partial charge in [0, 0.05) is 35.0 Å². The summed E-state index contributed by atoms with van der Waals surface area (Å²) in [4.78, 5) is 32.9. The summed E-state index contributed by atoms with van der Waals surface area (Å²) in [5.41, 5.74) is 1.45. The number of amides is 1. The third-order valence-electron chi connectivity index (χ3n) is 11.5. The lowest BCUT2D eigenvalue weighted by Gasteiger charge is -2.60. The summed E-state index contributed by atoms with van der Waals surface area (Å²) < 4.78 is 0. The number of aromatic nitrogens is 1. The number of rotatable bonds is 7. The minimum atomic E-state index is -1.18. The van der Waals surface area contributed by atoms with Gasteiger partial charge in [-0.25, -0.2) is 4.79 Å². The van der Waals surface area contributed by atoms with Crippen molar-refractivity contribution in [2.75, 3.05) is 6.61 Å². The molecule has 3 saturated carbocycles. The molecule has 44 heavy (non-hydrogen) atoms. The molecule has 8 atom stereocenters. The van der Waals surface area contributed by atoms with Crippen molar-refractivity contribution in [2.24, 2.45) is 33.7 Å². The number of phenols is 1. The van der Waals surface area contributed by atoms with E-state index in [0.29, 0.717) is 30.3 Å². The molecule has 1 heterocycles. The second kappa shape index (κ2) is 11.0. The summed E-state index contributed by atoms with van der Waals surface area (Å²) >= 11 is 0. The fourth-order valence-electron chi connectivity index (χ4n) is 9.19. The van der Waals surface area contributed by atoms with Crippen LogP contribution in [0.1, 0.15) is 64.4 Å². The molecule has 1 amide bonds. The molecule has 6 rings (SSSR count). The zero-order valence-corrected chi connectivity index (χ0v) is 25.2. The zero-order valence-electron chi connectivity index (χ0n) is 25.2. The summed E-state index contributed by atoms with van der Waals surface area (Å²) in [6.45, 7) is 3.87.